The average molecular weight is 459 g/mol. The van der Waals surface area contributed by atoms with Gasteiger partial charge in [-0.1, -0.05) is 11.3 Å². The number of likely N-dealkylation sites (tertiary alicyclic amines) is 1. The van der Waals surface area contributed by atoms with E-state index in [2.05, 4.69) is 19.6 Å². The summed E-state index contributed by atoms with van der Waals surface area (Å²) in [5.74, 6) is 0.667. The molecule has 1 fully saturated rings. The second-order valence-corrected chi connectivity index (χ2v) is 10.5. The van der Waals surface area contributed by atoms with Crippen molar-refractivity contribution in [1.29, 1.82) is 0 Å². The van der Waals surface area contributed by atoms with Crippen LogP contribution in [0.1, 0.15) is 18.4 Å². The molecule has 8 nitrogen and oxygen atoms in total. The standard InChI is InChI=1S/C21H22N4O4S2/c1-31(26,27)24-15-6-9-25(10-7-15)12-14-13-28-18-11-16(4-5-17(14)18)29-21-23-20-19(30-21)3-2-8-22-20/h2-5,8,11,13,15,24H,6-7,9-10,12H2,1H3. The van der Waals surface area contributed by atoms with Gasteiger partial charge in [0.2, 0.25) is 10.0 Å². The Morgan fingerprint density at radius 1 is 1.29 bits per heavy atom. The number of thiazole rings is 1. The van der Waals surface area contributed by atoms with E-state index in [-0.39, 0.29) is 6.04 Å². The smallest absolute Gasteiger partial charge is 0.281 e. The molecule has 4 heterocycles. The van der Waals surface area contributed by atoms with Gasteiger partial charge in [0, 0.05) is 48.9 Å². The summed E-state index contributed by atoms with van der Waals surface area (Å²) in [6.45, 7) is 2.45. The molecule has 0 bridgehead atoms. The van der Waals surface area contributed by atoms with Gasteiger partial charge >= 0.3 is 0 Å². The van der Waals surface area contributed by atoms with Gasteiger partial charge < -0.3 is 9.15 Å². The van der Waals surface area contributed by atoms with E-state index in [1.807, 2.05) is 30.3 Å². The molecule has 0 saturated carbocycles. The highest BCUT2D eigenvalue weighted by Gasteiger charge is 2.22. The lowest BCUT2D eigenvalue weighted by molar-refractivity contribution is 0.200. The number of rotatable bonds is 6. The first-order valence-corrected chi connectivity index (χ1v) is 12.7. The Labute approximate surface area is 183 Å². The van der Waals surface area contributed by atoms with Gasteiger partial charge in [0.15, 0.2) is 5.65 Å². The van der Waals surface area contributed by atoms with Crippen LogP contribution in [0.2, 0.25) is 0 Å². The molecule has 0 spiro atoms. The molecule has 10 heteroatoms. The molecule has 31 heavy (non-hydrogen) atoms. The molecular weight excluding hydrogens is 436 g/mol. The molecule has 0 radical (unpaired) electrons. The number of fused-ring (bicyclic) bond motifs is 2. The largest absolute Gasteiger partial charge is 0.464 e. The fourth-order valence-electron chi connectivity index (χ4n) is 3.90. The zero-order chi connectivity index (χ0) is 21.4. The van der Waals surface area contributed by atoms with Crippen molar-refractivity contribution in [3.05, 3.63) is 48.4 Å². The van der Waals surface area contributed by atoms with E-state index in [4.69, 9.17) is 9.15 Å². The summed E-state index contributed by atoms with van der Waals surface area (Å²) in [7, 11) is -3.16. The zero-order valence-corrected chi connectivity index (χ0v) is 18.6. The molecule has 0 atom stereocenters. The van der Waals surface area contributed by atoms with Crippen LogP contribution < -0.4 is 9.46 Å². The molecule has 3 aromatic heterocycles. The zero-order valence-electron chi connectivity index (χ0n) is 16.9. The third-order valence-corrected chi connectivity index (χ3v) is 6.99. The summed E-state index contributed by atoms with van der Waals surface area (Å²) >= 11 is 1.45. The fourth-order valence-corrected chi connectivity index (χ4v) is 5.53. The van der Waals surface area contributed by atoms with Gasteiger partial charge in [0.1, 0.15) is 11.3 Å². The van der Waals surface area contributed by atoms with E-state index >= 15 is 0 Å². The molecule has 1 aliphatic rings. The Morgan fingerprint density at radius 2 is 2.13 bits per heavy atom. The van der Waals surface area contributed by atoms with Crippen LogP contribution in [0.5, 0.6) is 10.9 Å². The second-order valence-electron chi connectivity index (χ2n) is 7.77. The topological polar surface area (TPSA) is 97.6 Å². The van der Waals surface area contributed by atoms with E-state index in [0.717, 1.165) is 53.7 Å². The number of sulfonamides is 1. The number of piperidine rings is 1. The number of aromatic nitrogens is 2. The van der Waals surface area contributed by atoms with Crippen LogP contribution in [0.3, 0.4) is 0 Å². The maximum absolute atomic E-state index is 11.4. The van der Waals surface area contributed by atoms with Crippen LogP contribution in [0.4, 0.5) is 0 Å². The molecular formula is C21H22N4O4S2. The molecule has 5 rings (SSSR count). The van der Waals surface area contributed by atoms with Gasteiger partial charge in [-0.15, -0.1) is 0 Å². The molecule has 1 aromatic carbocycles. The predicted molar refractivity (Wildman–Crippen MR) is 120 cm³/mol. The van der Waals surface area contributed by atoms with Gasteiger partial charge in [-0.2, -0.15) is 4.98 Å². The maximum Gasteiger partial charge on any atom is 0.281 e. The van der Waals surface area contributed by atoms with Crippen molar-refractivity contribution in [2.24, 2.45) is 0 Å². The highest BCUT2D eigenvalue weighted by Crippen LogP contribution is 2.33. The summed E-state index contributed by atoms with van der Waals surface area (Å²) < 4.78 is 38.2. The summed E-state index contributed by atoms with van der Waals surface area (Å²) in [6, 6.07) is 9.67. The normalized spacial score (nSPS) is 16.3. The molecule has 1 N–H and O–H groups in total. The van der Waals surface area contributed by atoms with E-state index in [0.29, 0.717) is 16.6 Å². The molecule has 0 aliphatic carbocycles. The number of hydrogen-bond donors (Lipinski definition) is 1. The van der Waals surface area contributed by atoms with Crippen LogP contribution in [0.15, 0.2) is 47.2 Å². The Bertz CT molecular complexity index is 1290. The molecule has 0 amide bonds. The summed E-state index contributed by atoms with van der Waals surface area (Å²) in [4.78, 5) is 11.0. The van der Waals surface area contributed by atoms with Gasteiger partial charge in [0.25, 0.3) is 5.19 Å². The SMILES string of the molecule is CS(=O)(=O)NC1CCN(Cc2coc3cc(Oc4nc5ncccc5s4)ccc23)CC1. The van der Waals surface area contributed by atoms with E-state index < -0.39 is 10.0 Å². The molecule has 0 unspecified atom stereocenters. The van der Waals surface area contributed by atoms with Gasteiger partial charge in [0.05, 0.1) is 17.2 Å². The third kappa shape index (κ3) is 4.72. The summed E-state index contributed by atoms with van der Waals surface area (Å²) in [5.41, 5.74) is 2.56. The van der Waals surface area contributed by atoms with Crippen molar-refractivity contribution in [3.63, 3.8) is 0 Å². The van der Waals surface area contributed by atoms with Crippen molar-refractivity contribution in [3.8, 4) is 10.9 Å². The number of furan rings is 1. The molecule has 4 aromatic rings. The molecule has 1 saturated heterocycles. The van der Waals surface area contributed by atoms with Crippen LogP contribution >= 0.6 is 11.3 Å². The van der Waals surface area contributed by atoms with Crippen LogP contribution in [0.25, 0.3) is 21.3 Å². The van der Waals surface area contributed by atoms with Crippen molar-refractivity contribution in [1.82, 2.24) is 19.6 Å². The van der Waals surface area contributed by atoms with Crippen LogP contribution in [-0.4, -0.2) is 48.7 Å². The minimum absolute atomic E-state index is 0.0183. The van der Waals surface area contributed by atoms with Crippen molar-refractivity contribution >= 4 is 42.7 Å². The minimum atomic E-state index is -3.16. The van der Waals surface area contributed by atoms with Crippen molar-refractivity contribution in [2.45, 2.75) is 25.4 Å². The van der Waals surface area contributed by atoms with Gasteiger partial charge in [-0.25, -0.2) is 18.1 Å². The number of benzene rings is 1. The summed E-state index contributed by atoms with van der Waals surface area (Å²) in [5, 5.41) is 1.60. The monoisotopic (exact) mass is 458 g/mol. The first-order valence-electron chi connectivity index (χ1n) is 10.0. The lowest BCUT2D eigenvalue weighted by Gasteiger charge is -2.31. The molecule has 1 aliphatic heterocycles. The Hall–Kier alpha value is -2.53. The number of nitrogens with one attached hydrogen (secondary N) is 1. The Morgan fingerprint density at radius 3 is 2.90 bits per heavy atom. The highest BCUT2D eigenvalue weighted by atomic mass is 32.2. The van der Waals surface area contributed by atoms with Gasteiger partial charge in [-0.05, 0) is 37.1 Å². The van der Waals surface area contributed by atoms with E-state index in [1.54, 1.807) is 12.5 Å². The number of nitrogens with zero attached hydrogens (tertiary/aromatic N) is 3. The minimum Gasteiger partial charge on any atom is -0.464 e. The highest BCUT2D eigenvalue weighted by molar-refractivity contribution is 7.88. The van der Waals surface area contributed by atoms with Crippen LogP contribution in [0, 0.1) is 0 Å². The first-order chi connectivity index (χ1) is 14.9. The van der Waals surface area contributed by atoms with Crippen molar-refractivity contribution in [2.75, 3.05) is 19.3 Å². The molecule has 162 valence electrons. The van der Waals surface area contributed by atoms with Gasteiger partial charge in [-0.3, -0.25) is 4.90 Å². The Kier molecular flexibility index (Phi) is 5.39. The van der Waals surface area contributed by atoms with E-state index in [1.165, 1.54) is 17.6 Å². The fraction of sp³-hybridized carbons (Fsp3) is 0.333. The van der Waals surface area contributed by atoms with Crippen molar-refractivity contribution < 1.29 is 17.6 Å². The number of ether oxygens (including phenoxy) is 1. The maximum atomic E-state index is 11.4. The summed E-state index contributed by atoms with van der Waals surface area (Å²) in [6.07, 6.45) is 6.32. The lowest BCUT2D eigenvalue weighted by Crippen LogP contribution is -2.43. The number of pyridine rings is 1. The van der Waals surface area contributed by atoms with E-state index in [9.17, 15) is 8.42 Å². The second kappa shape index (κ2) is 8.19. The third-order valence-electron chi connectivity index (χ3n) is 5.34. The Balaban J connectivity index is 1.25. The average Bonchev–Trinajstić information content (AvgIpc) is 3.31. The predicted octanol–water partition coefficient (Wildman–Crippen LogP) is 3.74. The quantitative estimate of drug-likeness (QED) is 0.470. The van der Waals surface area contributed by atoms with Crippen LogP contribution in [-0.2, 0) is 16.6 Å². The number of hydrogen-bond acceptors (Lipinski definition) is 8. The first kappa shape index (κ1) is 20.4. The lowest BCUT2D eigenvalue weighted by atomic mass is 10.1.